The maximum absolute atomic E-state index is 12.4. The Bertz CT molecular complexity index is 1430. The third kappa shape index (κ3) is 7.45. The number of nitrogens with zero attached hydrogens (tertiary/aromatic N) is 3. The van der Waals surface area contributed by atoms with E-state index in [2.05, 4.69) is 42.3 Å². The fourth-order valence-corrected chi connectivity index (χ4v) is 5.51. The van der Waals surface area contributed by atoms with Crippen LogP contribution in [0.3, 0.4) is 0 Å². The summed E-state index contributed by atoms with van der Waals surface area (Å²) in [7, 11) is 0. The summed E-state index contributed by atoms with van der Waals surface area (Å²) in [5.74, 6) is -0.784. The number of rotatable bonds is 12. The largest absolute Gasteiger partial charge is 0.481 e. The van der Waals surface area contributed by atoms with Gasteiger partial charge in [-0.1, -0.05) is 56.2 Å². The van der Waals surface area contributed by atoms with Crippen molar-refractivity contribution < 1.29 is 14.7 Å². The Kier molecular flexibility index (Phi) is 9.87. The second-order valence-corrected chi connectivity index (χ2v) is 10.8. The number of nitriles is 1. The maximum Gasteiger partial charge on any atom is 0.305 e. The Morgan fingerprint density at radius 1 is 1.15 bits per heavy atom. The predicted molar refractivity (Wildman–Crippen MR) is 159 cm³/mol. The third-order valence-electron chi connectivity index (χ3n) is 7.02. The molecule has 3 aromatic rings. The number of thiazole rings is 1. The van der Waals surface area contributed by atoms with Gasteiger partial charge in [0.2, 0.25) is 0 Å². The van der Waals surface area contributed by atoms with Crippen LogP contribution in [0.15, 0.2) is 77.3 Å². The molecule has 1 heterocycles. The van der Waals surface area contributed by atoms with E-state index in [4.69, 9.17) is 15.4 Å². The molecule has 2 N–H and O–H groups in total. The maximum atomic E-state index is 12.4. The number of unbranched alkanes of at least 4 members (excludes halogenated alkanes) is 1. The lowest BCUT2D eigenvalue weighted by molar-refractivity contribution is -0.136. The normalized spacial score (nSPS) is 14.6. The highest BCUT2D eigenvalue weighted by atomic mass is 32.1. The number of nitrogens with one attached hydrogen (secondary N) is 1. The second-order valence-electron chi connectivity index (χ2n) is 10.00. The molecule has 1 amide bonds. The van der Waals surface area contributed by atoms with Gasteiger partial charge in [-0.25, -0.2) is 4.98 Å². The minimum atomic E-state index is -0.945. The fraction of sp³-hybridized carbons (Fsp3) is 0.312. The summed E-state index contributed by atoms with van der Waals surface area (Å²) in [4.78, 5) is 30.4. The molecule has 8 heteroatoms. The van der Waals surface area contributed by atoms with E-state index in [-0.39, 0.29) is 18.9 Å². The van der Waals surface area contributed by atoms with Crippen molar-refractivity contribution in [3.63, 3.8) is 0 Å². The number of allylic oxidation sites excluding steroid dienone is 4. The molecular formula is C32H34N4O3S. The number of amides is 1. The van der Waals surface area contributed by atoms with Crippen molar-refractivity contribution in [3.8, 4) is 17.3 Å². The first-order valence-electron chi connectivity index (χ1n) is 13.6. The van der Waals surface area contributed by atoms with Crippen molar-refractivity contribution in [2.45, 2.75) is 52.5 Å². The lowest BCUT2D eigenvalue weighted by atomic mass is 9.87. The molecule has 7 nitrogen and oxygen atoms in total. The van der Waals surface area contributed by atoms with Crippen LogP contribution in [0.2, 0.25) is 0 Å². The van der Waals surface area contributed by atoms with Crippen molar-refractivity contribution in [2.75, 3.05) is 11.4 Å². The molecule has 2 aromatic carbocycles. The van der Waals surface area contributed by atoms with E-state index in [1.54, 1.807) is 35.6 Å². The number of benzene rings is 2. The molecule has 0 saturated heterocycles. The molecule has 0 bridgehead atoms. The zero-order valence-corrected chi connectivity index (χ0v) is 23.7. The zero-order valence-electron chi connectivity index (χ0n) is 22.9. The van der Waals surface area contributed by atoms with Crippen LogP contribution in [0.25, 0.3) is 11.3 Å². The molecule has 0 spiro atoms. The Hall–Kier alpha value is -4.22. The number of aliphatic carboxylic acids is 1. The number of anilines is 1. The summed E-state index contributed by atoms with van der Waals surface area (Å²) in [6, 6.07) is 17.0. The van der Waals surface area contributed by atoms with Gasteiger partial charge in [0.1, 0.15) is 0 Å². The highest BCUT2D eigenvalue weighted by Gasteiger charge is 2.23. The lowest BCUT2D eigenvalue weighted by Gasteiger charge is -2.30. The van der Waals surface area contributed by atoms with Gasteiger partial charge in [0.25, 0.3) is 5.91 Å². The number of carbonyl (C=O) groups is 2. The van der Waals surface area contributed by atoms with Crippen molar-refractivity contribution in [2.24, 2.45) is 5.92 Å². The number of carboxylic acids is 1. The van der Waals surface area contributed by atoms with Gasteiger partial charge in [-0.3, -0.25) is 9.59 Å². The van der Waals surface area contributed by atoms with Crippen molar-refractivity contribution in [3.05, 3.63) is 94.0 Å². The summed E-state index contributed by atoms with van der Waals surface area (Å²) in [5.41, 5.74) is 6.66. The molecule has 1 unspecified atom stereocenters. The standard InChI is InChI=1S/C32H34N4O3S/c1-3-4-5-25-14-15-28(18-22(25)2)36(32-35-29(21-40-32)26-10-6-23(19-33)7-11-26)20-24-8-12-27(13-9-24)31(39)34-17-16-30(37)38/h6-15,21-22H,3-5,16-18,20H2,1-2H3,(H,34,39)(H,37,38). The van der Waals surface area contributed by atoms with Gasteiger partial charge in [0.05, 0.1) is 30.3 Å². The first-order chi connectivity index (χ1) is 19.4. The van der Waals surface area contributed by atoms with Crippen molar-refractivity contribution >= 4 is 28.3 Å². The first kappa shape index (κ1) is 28.8. The molecule has 0 radical (unpaired) electrons. The Morgan fingerprint density at radius 2 is 1.90 bits per heavy atom. The van der Waals surface area contributed by atoms with E-state index < -0.39 is 5.97 Å². The molecule has 4 rings (SSSR count). The second kappa shape index (κ2) is 13.7. The molecule has 40 heavy (non-hydrogen) atoms. The average molecular weight is 555 g/mol. The quantitative estimate of drug-likeness (QED) is 0.251. The molecule has 0 aliphatic heterocycles. The minimum Gasteiger partial charge on any atom is -0.481 e. The predicted octanol–water partition coefficient (Wildman–Crippen LogP) is 6.93. The van der Waals surface area contributed by atoms with Crippen molar-refractivity contribution in [1.29, 1.82) is 5.26 Å². The zero-order chi connectivity index (χ0) is 28.5. The van der Waals surface area contributed by atoms with Gasteiger partial charge in [-0.2, -0.15) is 5.26 Å². The van der Waals surface area contributed by atoms with Crippen LogP contribution in [-0.2, 0) is 11.3 Å². The monoisotopic (exact) mass is 554 g/mol. The smallest absolute Gasteiger partial charge is 0.305 e. The topological polar surface area (TPSA) is 106 Å². The summed E-state index contributed by atoms with van der Waals surface area (Å²) >= 11 is 1.59. The number of hydrogen-bond acceptors (Lipinski definition) is 6. The molecule has 0 saturated carbocycles. The molecule has 0 fully saturated rings. The van der Waals surface area contributed by atoms with E-state index in [1.807, 2.05) is 29.6 Å². The van der Waals surface area contributed by atoms with Gasteiger partial charge in [-0.05, 0) is 61.1 Å². The van der Waals surface area contributed by atoms with E-state index in [9.17, 15) is 9.59 Å². The number of carboxylic acid groups (broad SMARTS) is 1. The van der Waals surface area contributed by atoms with Gasteiger partial charge < -0.3 is 15.3 Å². The van der Waals surface area contributed by atoms with Crippen LogP contribution in [0.4, 0.5) is 5.13 Å². The Labute approximate surface area is 239 Å². The van der Waals surface area contributed by atoms with E-state index in [1.165, 1.54) is 24.1 Å². The molecule has 206 valence electrons. The molecule has 1 aromatic heterocycles. The Balaban J connectivity index is 1.58. The van der Waals surface area contributed by atoms with Gasteiger partial charge in [-0.15, -0.1) is 11.3 Å². The minimum absolute atomic E-state index is 0.0927. The molecule has 1 aliphatic rings. The summed E-state index contributed by atoms with van der Waals surface area (Å²) in [6.07, 6.45) is 8.79. The summed E-state index contributed by atoms with van der Waals surface area (Å²) in [5, 5.41) is 23.5. The average Bonchev–Trinajstić information content (AvgIpc) is 3.45. The van der Waals surface area contributed by atoms with E-state index >= 15 is 0 Å². The van der Waals surface area contributed by atoms with Crippen LogP contribution >= 0.6 is 11.3 Å². The SMILES string of the molecule is CCCCC1=CC=C(N(Cc2ccc(C(=O)NCCC(=O)O)cc2)c2nc(-c3ccc(C#N)cc3)cs2)CC1C. The Morgan fingerprint density at radius 3 is 2.55 bits per heavy atom. The van der Waals surface area contributed by atoms with E-state index in [0.717, 1.165) is 34.8 Å². The van der Waals surface area contributed by atoms with Gasteiger partial charge >= 0.3 is 5.97 Å². The third-order valence-corrected chi connectivity index (χ3v) is 7.88. The highest BCUT2D eigenvalue weighted by molar-refractivity contribution is 7.14. The molecular weight excluding hydrogens is 520 g/mol. The van der Waals surface area contributed by atoms with Crippen LogP contribution in [-0.4, -0.2) is 28.5 Å². The molecule has 1 atom stereocenters. The molecule has 1 aliphatic carbocycles. The first-order valence-corrected chi connectivity index (χ1v) is 14.5. The number of aromatic nitrogens is 1. The summed E-state index contributed by atoms with van der Waals surface area (Å²) < 4.78 is 0. The lowest BCUT2D eigenvalue weighted by Crippen LogP contribution is -2.26. The van der Waals surface area contributed by atoms with Crippen LogP contribution in [0, 0.1) is 17.2 Å². The van der Waals surface area contributed by atoms with Gasteiger partial charge in [0, 0.05) is 28.7 Å². The van der Waals surface area contributed by atoms with Gasteiger partial charge in [0.15, 0.2) is 5.13 Å². The number of carbonyl (C=O) groups excluding carboxylic acids is 1. The highest BCUT2D eigenvalue weighted by Crippen LogP contribution is 2.36. The van der Waals surface area contributed by atoms with Crippen LogP contribution in [0.5, 0.6) is 0 Å². The van der Waals surface area contributed by atoms with E-state index in [0.29, 0.717) is 23.6 Å². The van der Waals surface area contributed by atoms with Crippen molar-refractivity contribution in [1.82, 2.24) is 10.3 Å². The fourth-order valence-electron chi connectivity index (χ4n) is 4.65. The number of hydrogen-bond donors (Lipinski definition) is 2. The van der Waals surface area contributed by atoms with Crippen LogP contribution < -0.4 is 10.2 Å². The summed E-state index contributed by atoms with van der Waals surface area (Å²) in [6.45, 7) is 5.19. The van der Waals surface area contributed by atoms with Crippen LogP contribution in [0.1, 0.15) is 67.4 Å².